The average Bonchev–Trinajstić information content (AvgIpc) is 2.72. The van der Waals surface area contributed by atoms with E-state index in [2.05, 4.69) is 17.6 Å². The highest BCUT2D eigenvalue weighted by Gasteiger charge is 2.52. The maximum absolute atomic E-state index is 12.6. The summed E-state index contributed by atoms with van der Waals surface area (Å²) in [4.78, 5) is 48.1. The highest BCUT2D eigenvalue weighted by molar-refractivity contribution is 6.09. The van der Waals surface area contributed by atoms with Crippen molar-refractivity contribution in [3.05, 3.63) is 0 Å². The zero-order chi connectivity index (χ0) is 17.2. The first-order chi connectivity index (χ1) is 10.8. The first-order valence-electron chi connectivity index (χ1n) is 7.95. The van der Waals surface area contributed by atoms with E-state index in [-0.39, 0.29) is 5.91 Å². The van der Waals surface area contributed by atoms with Crippen molar-refractivity contribution in [3.8, 4) is 0 Å². The summed E-state index contributed by atoms with van der Waals surface area (Å²) >= 11 is 0. The largest absolute Gasteiger partial charge is 0.480 e. The predicted octanol–water partition coefficient (Wildman–Crippen LogP) is 0.467. The van der Waals surface area contributed by atoms with E-state index in [0.717, 1.165) is 24.2 Å². The molecule has 3 N–H and O–H groups in total. The number of hydrogen-bond acceptors (Lipinski definition) is 4. The fraction of sp³-hybridized carbons (Fsp3) is 0.733. The van der Waals surface area contributed by atoms with Crippen LogP contribution in [-0.2, 0) is 14.4 Å². The van der Waals surface area contributed by atoms with Crippen molar-refractivity contribution < 1.29 is 24.3 Å². The van der Waals surface area contributed by atoms with Gasteiger partial charge in [0, 0.05) is 0 Å². The molecule has 1 aliphatic carbocycles. The molecule has 8 heteroatoms. The number of urea groups is 1. The molecule has 1 heterocycles. The van der Waals surface area contributed by atoms with E-state index in [1.165, 1.54) is 6.92 Å². The van der Waals surface area contributed by atoms with E-state index in [1.54, 1.807) is 0 Å². The molecule has 0 aromatic rings. The van der Waals surface area contributed by atoms with E-state index in [0.29, 0.717) is 18.8 Å². The Morgan fingerprint density at radius 2 is 2.00 bits per heavy atom. The number of amides is 4. The van der Waals surface area contributed by atoms with Gasteiger partial charge in [0.05, 0.1) is 0 Å². The Hall–Kier alpha value is -2.12. The first kappa shape index (κ1) is 17.2. The van der Waals surface area contributed by atoms with Gasteiger partial charge in [-0.2, -0.15) is 0 Å². The van der Waals surface area contributed by atoms with Crippen molar-refractivity contribution in [1.82, 2.24) is 15.5 Å². The normalized spacial score (nSPS) is 28.6. The second-order valence-corrected chi connectivity index (χ2v) is 6.38. The summed E-state index contributed by atoms with van der Waals surface area (Å²) in [5.74, 6) is -1.65. The van der Waals surface area contributed by atoms with Crippen LogP contribution < -0.4 is 10.6 Å². The van der Waals surface area contributed by atoms with Gasteiger partial charge in [-0.15, -0.1) is 0 Å². The van der Waals surface area contributed by atoms with Gasteiger partial charge in [0.2, 0.25) is 5.91 Å². The standard InChI is InChI=1S/C15H23N3O5/c1-3-10-4-6-15(7-5-10)13(22)18(14(23)17-15)8-11(19)16-9(2)12(20)21/h9-10H,3-8H2,1-2H3,(H,16,19)(H,17,23)(H,20,21). The SMILES string of the molecule is CCC1CCC2(CC1)NC(=O)N(CC(=O)NC(C)C(=O)O)C2=O. The monoisotopic (exact) mass is 325 g/mol. The average molecular weight is 325 g/mol. The number of carboxylic acid groups (broad SMARTS) is 1. The minimum Gasteiger partial charge on any atom is -0.480 e. The van der Waals surface area contributed by atoms with Crippen molar-refractivity contribution in [2.45, 2.75) is 57.5 Å². The van der Waals surface area contributed by atoms with Crippen LogP contribution >= 0.6 is 0 Å². The number of carboxylic acids is 1. The van der Waals surface area contributed by atoms with Crippen LogP contribution in [0.3, 0.4) is 0 Å². The number of carbonyl (C=O) groups excluding carboxylic acids is 3. The highest BCUT2D eigenvalue weighted by Crippen LogP contribution is 2.37. The molecule has 1 spiro atoms. The van der Waals surface area contributed by atoms with Crippen LogP contribution in [0, 0.1) is 5.92 Å². The number of nitrogens with one attached hydrogen (secondary N) is 2. The minimum atomic E-state index is -1.18. The summed E-state index contributed by atoms with van der Waals surface area (Å²) in [5, 5.41) is 13.7. The third-order valence-corrected chi connectivity index (χ3v) is 4.83. The molecule has 4 amide bonds. The molecule has 128 valence electrons. The molecule has 8 nitrogen and oxygen atoms in total. The van der Waals surface area contributed by atoms with Crippen LogP contribution in [0.15, 0.2) is 0 Å². The highest BCUT2D eigenvalue weighted by atomic mass is 16.4. The summed E-state index contributed by atoms with van der Waals surface area (Å²) < 4.78 is 0. The molecule has 1 atom stereocenters. The van der Waals surface area contributed by atoms with E-state index in [4.69, 9.17) is 5.11 Å². The fourth-order valence-electron chi connectivity index (χ4n) is 3.23. The summed E-state index contributed by atoms with van der Waals surface area (Å²) in [6, 6.07) is -1.65. The van der Waals surface area contributed by atoms with Crippen molar-refractivity contribution in [2.24, 2.45) is 5.92 Å². The Morgan fingerprint density at radius 1 is 1.39 bits per heavy atom. The summed E-state index contributed by atoms with van der Waals surface area (Å²) in [5.41, 5.74) is -0.887. The third-order valence-electron chi connectivity index (χ3n) is 4.83. The van der Waals surface area contributed by atoms with Crippen LogP contribution in [0.25, 0.3) is 0 Å². The second kappa shape index (κ2) is 6.55. The molecule has 1 saturated carbocycles. The number of imide groups is 1. The quantitative estimate of drug-likeness (QED) is 0.635. The van der Waals surface area contributed by atoms with Gasteiger partial charge in [-0.1, -0.05) is 13.3 Å². The topological polar surface area (TPSA) is 116 Å². The lowest BCUT2D eigenvalue weighted by Crippen LogP contribution is -2.50. The maximum atomic E-state index is 12.6. The molecule has 1 aliphatic heterocycles. The molecule has 1 saturated heterocycles. The van der Waals surface area contributed by atoms with Gasteiger partial charge in [0.1, 0.15) is 18.1 Å². The Labute approximate surface area is 134 Å². The molecule has 0 aromatic carbocycles. The summed E-state index contributed by atoms with van der Waals surface area (Å²) in [6.07, 6.45) is 3.97. The van der Waals surface area contributed by atoms with Gasteiger partial charge in [-0.05, 0) is 38.5 Å². The van der Waals surface area contributed by atoms with Gasteiger partial charge in [-0.25, -0.2) is 4.79 Å². The van der Waals surface area contributed by atoms with Gasteiger partial charge in [-0.3, -0.25) is 19.3 Å². The number of hydrogen-bond donors (Lipinski definition) is 3. The molecule has 2 fully saturated rings. The Kier molecular flexibility index (Phi) is 4.91. The van der Waals surface area contributed by atoms with Gasteiger partial charge in [0.15, 0.2) is 0 Å². The molecule has 0 bridgehead atoms. The predicted molar refractivity (Wildman–Crippen MR) is 80.5 cm³/mol. The molecule has 2 rings (SSSR count). The van der Waals surface area contributed by atoms with E-state index < -0.39 is 36.0 Å². The summed E-state index contributed by atoms with van der Waals surface area (Å²) in [6.45, 7) is 2.97. The molecule has 0 radical (unpaired) electrons. The van der Waals surface area contributed by atoms with Crippen molar-refractivity contribution >= 4 is 23.8 Å². The maximum Gasteiger partial charge on any atom is 0.325 e. The lowest BCUT2D eigenvalue weighted by Gasteiger charge is -2.34. The third kappa shape index (κ3) is 3.46. The number of nitrogens with zero attached hydrogens (tertiary/aromatic N) is 1. The number of rotatable bonds is 5. The van der Waals surface area contributed by atoms with Crippen LogP contribution in [0.2, 0.25) is 0 Å². The van der Waals surface area contributed by atoms with Crippen molar-refractivity contribution in [2.75, 3.05) is 6.54 Å². The first-order valence-corrected chi connectivity index (χ1v) is 7.95. The second-order valence-electron chi connectivity index (χ2n) is 6.38. The molecular weight excluding hydrogens is 302 g/mol. The smallest absolute Gasteiger partial charge is 0.325 e. The van der Waals surface area contributed by atoms with E-state index in [1.807, 2.05) is 0 Å². The molecule has 0 aromatic heterocycles. The van der Waals surface area contributed by atoms with Crippen LogP contribution in [0.4, 0.5) is 4.79 Å². The summed E-state index contributed by atoms with van der Waals surface area (Å²) in [7, 11) is 0. The molecule has 23 heavy (non-hydrogen) atoms. The van der Waals surface area contributed by atoms with E-state index >= 15 is 0 Å². The minimum absolute atomic E-state index is 0.379. The number of carbonyl (C=O) groups is 4. The Morgan fingerprint density at radius 3 is 2.52 bits per heavy atom. The Bertz CT molecular complexity index is 525. The van der Waals surface area contributed by atoms with Crippen LogP contribution in [0.1, 0.15) is 46.0 Å². The molecule has 1 unspecified atom stereocenters. The van der Waals surface area contributed by atoms with Crippen molar-refractivity contribution in [1.29, 1.82) is 0 Å². The van der Waals surface area contributed by atoms with Gasteiger partial charge < -0.3 is 15.7 Å². The zero-order valence-electron chi connectivity index (χ0n) is 13.4. The fourth-order valence-corrected chi connectivity index (χ4v) is 3.23. The van der Waals surface area contributed by atoms with Crippen LogP contribution in [0.5, 0.6) is 0 Å². The lowest BCUT2D eigenvalue weighted by atomic mass is 9.75. The zero-order valence-corrected chi connectivity index (χ0v) is 13.4. The van der Waals surface area contributed by atoms with Gasteiger partial charge >= 0.3 is 12.0 Å². The van der Waals surface area contributed by atoms with Crippen LogP contribution in [-0.4, -0.2) is 51.9 Å². The van der Waals surface area contributed by atoms with Gasteiger partial charge in [0.25, 0.3) is 5.91 Å². The van der Waals surface area contributed by atoms with E-state index in [9.17, 15) is 19.2 Å². The molecular formula is C15H23N3O5. The number of aliphatic carboxylic acids is 1. The molecule has 2 aliphatic rings. The van der Waals surface area contributed by atoms with Crippen molar-refractivity contribution in [3.63, 3.8) is 0 Å². The lowest BCUT2D eigenvalue weighted by molar-refractivity contribution is -0.141. The Balaban J connectivity index is 1.99.